The first-order valence-electron chi connectivity index (χ1n) is 8.01. The van der Waals surface area contributed by atoms with E-state index in [0.717, 1.165) is 12.8 Å². The van der Waals surface area contributed by atoms with Gasteiger partial charge >= 0.3 is 0 Å². The lowest BCUT2D eigenvalue weighted by molar-refractivity contribution is -0.143. The molecule has 6 nitrogen and oxygen atoms in total. The van der Waals surface area contributed by atoms with Gasteiger partial charge in [-0.25, -0.2) is 10.9 Å². The lowest BCUT2D eigenvalue weighted by Crippen LogP contribution is -2.56. The second-order valence-corrected chi connectivity index (χ2v) is 6.44. The highest BCUT2D eigenvalue weighted by molar-refractivity contribution is 4.76. The first-order valence-corrected chi connectivity index (χ1v) is 8.01. The van der Waals surface area contributed by atoms with Gasteiger partial charge in [-0.3, -0.25) is 0 Å². The summed E-state index contributed by atoms with van der Waals surface area (Å²) in [7, 11) is 6.62. The predicted molar refractivity (Wildman–Crippen MR) is 88.4 cm³/mol. The summed E-state index contributed by atoms with van der Waals surface area (Å²) in [6.07, 6.45) is 1.24. The molecule has 0 radical (unpaired) electrons. The van der Waals surface area contributed by atoms with E-state index in [1.54, 1.807) is 28.4 Å². The molecule has 0 aromatic carbocycles. The van der Waals surface area contributed by atoms with Crippen molar-refractivity contribution in [2.45, 2.75) is 65.2 Å². The number of rotatable bonds is 13. The van der Waals surface area contributed by atoms with Gasteiger partial charge in [0.1, 0.15) is 0 Å². The smallest absolute Gasteiger partial charge is 0.173 e. The Morgan fingerprint density at radius 3 is 1.05 bits per heavy atom. The van der Waals surface area contributed by atoms with Crippen molar-refractivity contribution in [3.05, 3.63) is 0 Å². The number of hydrogen-bond donors (Lipinski definition) is 2. The van der Waals surface area contributed by atoms with Crippen LogP contribution in [0.1, 0.15) is 40.5 Å². The maximum atomic E-state index is 5.40. The zero-order valence-electron chi connectivity index (χ0n) is 15.5. The van der Waals surface area contributed by atoms with Gasteiger partial charge in [-0.2, -0.15) is 0 Å². The lowest BCUT2D eigenvalue weighted by atomic mass is 10.0. The van der Waals surface area contributed by atoms with Crippen LogP contribution in [-0.2, 0) is 18.9 Å². The fraction of sp³-hybridized carbons (Fsp3) is 1.00. The molecule has 0 bridgehead atoms. The minimum Gasteiger partial charge on any atom is -0.354 e. The van der Waals surface area contributed by atoms with Crippen molar-refractivity contribution in [3.8, 4) is 0 Å². The van der Waals surface area contributed by atoms with Crippen molar-refractivity contribution in [3.63, 3.8) is 0 Å². The van der Waals surface area contributed by atoms with E-state index in [9.17, 15) is 0 Å². The van der Waals surface area contributed by atoms with Crippen LogP contribution in [0.25, 0.3) is 0 Å². The van der Waals surface area contributed by atoms with E-state index >= 15 is 0 Å². The van der Waals surface area contributed by atoms with Crippen molar-refractivity contribution in [2.24, 2.45) is 11.8 Å². The summed E-state index contributed by atoms with van der Waals surface area (Å²) in [6.45, 7) is 8.71. The van der Waals surface area contributed by atoms with Crippen molar-refractivity contribution in [2.75, 3.05) is 28.4 Å². The van der Waals surface area contributed by atoms with E-state index in [1.807, 2.05) is 0 Å². The number of nitrogens with one attached hydrogen (secondary N) is 2. The SMILES string of the molecule is COC(OC)[C@H](CC(C)C)NN[C@H](CC(C)C)C(OC)OC. The van der Waals surface area contributed by atoms with Gasteiger partial charge in [0.05, 0.1) is 12.1 Å². The molecule has 2 N–H and O–H groups in total. The third-order valence-electron chi connectivity index (χ3n) is 3.49. The second kappa shape index (κ2) is 12.2. The van der Waals surface area contributed by atoms with E-state index in [0.29, 0.717) is 11.8 Å². The Labute approximate surface area is 136 Å². The average molecular weight is 320 g/mol. The molecule has 0 aromatic heterocycles. The van der Waals surface area contributed by atoms with Gasteiger partial charge in [-0.05, 0) is 24.7 Å². The molecule has 0 amide bonds. The summed E-state index contributed by atoms with van der Waals surface area (Å²) in [4.78, 5) is 0. The highest BCUT2D eigenvalue weighted by Gasteiger charge is 2.26. The molecule has 22 heavy (non-hydrogen) atoms. The molecule has 0 aliphatic rings. The van der Waals surface area contributed by atoms with Crippen LogP contribution in [0.3, 0.4) is 0 Å². The van der Waals surface area contributed by atoms with Gasteiger partial charge in [0.25, 0.3) is 0 Å². The molecule has 2 atom stereocenters. The molecule has 0 rings (SSSR count). The van der Waals surface area contributed by atoms with E-state index in [4.69, 9.17) is 18.9 Å². The first-order chi connectivity index (χ1) is 10.4. The lowest BCUT2D eigenvalue weighted by Gasteiger charge is -2.32. The number of hydrazine groups is 1. The quantitative estimate of drug-likeness (QED) is 0.400. The summed E-state index contributed by atoms with van der Waals surface area (Å²) in [5.74, 6) is 1.05. The second-order valence-electron chi connectivity index (χ2n) is 6.44. The minimum absolute atomic E-state index is 0.0408. The number of methoxy groups -OCH3 is 4. The molecule has 0 heterocycles. The minimum atomic E-state index is -0.307. The number of hydrogen-bond acceptors (Lipinski definition) is 6. The van der Waals surface area contributed by atoms with E-state index < -0.39 is 0 Å². The van der Waals surface area contributed by atoms with Gasteiger partial charge in [-0.15, -0.1) is 0 Å². The topological polar surface area (TPSA) is 61.0 Å². The van der Waals surface area contributed by atoms with Crippen LogP contribution < -0.4 is 10.9 Å². The van der Waals surface area contributed by atoms with Gasteiger partial charge in [0.2, 0.25) is 0 Å². The van der Waals surface area contributed by atoms with Crippen LogP contribution in [-0.4, -0.2) is 53.1 Å². The summed E-state index contributed by atoms with van der Waals surface area (Å²) < 4.78 is 21.6. The molecular weight excluding hydrogens is 284 g/mol. The Bertz CT molecular complexity index is 231. The van der Waals surface area contributed by atoms with Gasteiger partial charge in [0, 0.05) is 28.4 Å². The maximum Gasteiger partial charge on any atom is 0.173 e. The van der Waals surface area contributed by atoms with Crippen molar-refractivity contribution in [1.29, 1.82) is 0 Å². The van der Waals surface area contributed by atoms with Crippen LogP contribution in [0.15, 0.2) is 0 Å². The first kappa shape index (κ1) is 21.8. The normalized spacial score (nSPS) is 15.3. The van der Waals surface area contributed by atoms with Crippen LogP contribution in [0, 0.1) is 11.8 Å². The zero-order chi connectivity index (χ0) is 17.1. The van der Waals surface area contributed by atoms with Crippen molar-refractivity contribution >= 4 is 0 Å². The van der Waals surface area contributed by atoms with E-state index in [1.165, 1.54) is 0 Å². The largest absolute Gasteiger partial charge is 0.354 e. The highest BCUT2D eigenvalue weighted by atomic mass is 16.7. The monoisotopic (exact) mass is 320 g/mol. The fourth-order valence-corrected chi connectivity index (χ4v) is 2.56. The summed E-state index contributed by atoms with van der Waals surface area (Å²) in [5, 5.41) is 0. The standard InChI is InChI=1S/C16H36N2O4/c1-11(2)9-13(15(19-5)20-6)17-18-14(10-12(3)4)16(21-7)22-8/h11-18H,9-10H2,1-8H3/t13-,14+. The van der Waals surface area contributed by atoms with E-state index in [-0.39, 0.29) is 24.7 Å². The zero-order valence-corrected chi connectivity index (χ0v) is 15.5. The summed E-state index contributed by atoms with van der Waals surface area (Å²) in [5.41, 5.74) is 6.70. The van der Waals surface area contributed by atoms with Crippen LogP contribution in [0.4, 0.5) is 0 Å². The van der Waals surface area contributed by atoms with Crippen molar-refractivity contribution in [1.82, 2.24) is 10.9 Å². The molecule has 0 aromatic rings. The molecule has 0 aliphatic heterocycles. The van der Waals surface area contributed by atoms with Gasteiger partial charge in [-0.1, -0.05) is 27.7 Å². The molecule has 0 unspecified atom stereocenters. The molecule has 0 saturated heterocycles. The molecule has 6 heteroatoms. The Morgan fingerprint density at radius 2 is 0.864 bits per heavy atom. The highest BCUT2D eigenvalue weighted by Crippen LogP contribution is 2.13. The average Bonchev–Trinajstić information content (AvgIpc) is 2.45. The molecule has 0 fully saturated rings. The maximum absolute atomic E-state index is 5.40. The molecule has 134 valence electrons. The Balaban J connectivity index is 4.77. The fourth-order valence-electron chi connectivity index (χ4n) is 2.56. The molecule has 0 saturated carbocycles. The molecular formula is C16H36N2O4. The van der Waals surface area contributed by atoms with Crippen LogP contribution in [0.5, 0.6) is 0 Å². The van der Waals surface area contributed by atoms with Crippen molar-refractivity contribution < 1.29 is 18.9 Å². The number of ether oxygens (including phenoxy) is 4. The summed E-state index contributed by atoms with van der Waals surface area (Å²) in [6, 6.07) is 0.0815. The van der Waals surface area contributed by atoms with Gasteiger partial charge < -0.3 is 18.9 Å². The molecule has 0 spiro atoms. The third-order valence-corrected chi connectivity index (χ3v) is 3.49. The molecule has 0 aliphatic carbocycles. The van der Waals surface area contributed by atoms with E-state index in [2.05, 4.69) is 38.5 Å². The Kier molecular flexibility index (Phi) is 12.1. The van der Waals surface area contributed by atoms with Crippen LogP contribution in [0.2, 0.25) is 0 Å². The third kappa shape index (κ3) is 8.41. The predicted octanol–water partition coefficient (Wildman–Crippen LogP) is 2.15. The van der Waals surface area contributed by atoms with Crippen LogP contribution >= 0.6 is 0 Å². The Morgan fingerprint density at radius 1 is 0.591 bits per heavy atom. The van der Waals surface area contributed by atoms with Gasteiger partial charge in [0.15, 0.2) is 12.6 Å². The Hall–Kier alpha value is -0.240. The summed E-state index contributed by atoms with van der Waals surface area (Å²) >= 11 is 0.